The van der Waals surface area contributed by atoms with Crippen LogP contribution in [0.25, 0.3) is 11.0 Å². The number of hydrogen-bond donors (Lipinski definition) is 2. The van der Waals surface area contributed by atoms with E-state index >= 15 is 0 Å². The summed E-state index contributed by atoms with van der Waals surface area (Å²) in [6.45, 7) is 0.0602. The molecule has 3 aromatic heterocycles. The van der Waals surface area contributed by atoms with Gasteiger partial charge >= 0.3 is 0 Å². The fourth-order valence-electron chi connectivity index (χ4n) is 1.92. The normalized spacial score (nSPS) is 13.0. The van der Waals surface area contributed by atoms with Crippen LogP contribution in [0.15, 0.2) is 40.5 Å². The molecule has 2 N–H and O–H groups in total. The SMILES string of the molecule is O=C(/C=C/c1c(Cl)nc2sccn12)NCC(O)c1ccco1. The molecule has 114 valence electrons. The molecule has 3 heterocycles. The summed E-state index contributed by atoms with van der Waals surface area (Å²) >= 11 is 7.49. The van der Waals surface area contributed by atoms with Crippen LogP contribution in [0.1, 0.15) is 17.6 Å². The van der Waals surface area contributed by atoms with Gasteiger partial charge in [-0.05, 0) is 18.2 Å². The van der Waals surface area contributed by atoms with Crippen LogP contribution in [0.5, 0.6) is 0 Å². The minimum Gasteiger partial charge on any atom is -0.467 e. The van der Waals surface area contributed by atoms with E-state index in [2.05, 4.69) is 10.3 Å². The lowest BCUT2D eigenvalue weighted by Gasteiger charge is -2.07. The number of aliphatic hydroxyl groups excluding tert-OH is 1. The number of nitrogens with zero attached hydrogens (tertiary/aromatic N) is 2. The van der Waals surface area contributed by atoms with Crippen molar-refractivity contribution in [3.05, 3.63) is 52.7 Å². The number of thiazole rings is 1. The van der Waals surface area contributed by atoms with Gasteiger partial charge in [0.25, 0.3) is 0 Å². The number of imidazole rings is 1. The fraction of sp³-hybridized carbons (Fsp3) is 0.143. The zero-order valence-electron chi connectivity index (χ0n) is 11.3. The van der Waals surface area contributed by atoms with Crippen LogP contribution in [-0.4, -0.2) is 26.9 Å². The predicted octanol–water partition coefficient (Wildman–Crippen LogP) is 2.51. The van der Waals surface area contributed by atoms with E-state index in [9.17, 15) is 9.90 Å². The molecule has 22 heavy (non-hydrogen) atoms. The van der Waals surface area contributed by atoms with E-state index in [1.807, 2.05) is 11.6 Å². The Morgan fingerprint density at radius 2 is 2.50 bits per heavy atom. The summed E-state index contributed by atoms with van der Waals surface area (Å²) in [6, 6.07) is 3.32. The Labute approximate surface area is 134 Å². The summed E-state index contributed by atoms with van der Waals surface area (Å²) in [4.78, 5) is 16.7. The average molecular weight is 338 g/mol. The van der Waals surface area contributed by atoms with Gasteiger partial charge < -0.3 is 14.8 Å². The van der Waals surface area contributed by atoms with E-state index in [4.69, 9.17) is 16.0 Å². The molecule has 3 rings (SSSR count). The molecule has 0 radical (unpaired) electrons. The predicted molar refractivity (Wildman–Crippen MR) is 83.8 cm³/mol. The Morgan fingerprint density at radius 1 is 1.64 bits per heavy atom. The van der Waals surface area contributed by atoms with Gasteiger partial charge in [0.2, 0.25) is 5.91 Å². The molecule has 6 nitrogen and oxygen atoms in total. The van der Waals surface area contributed by atoms with Gasteiger partial charge in [-0.25, -0.2) is 4.98 Å². The van der Waals surface area contributed by atoms with Crippen molar-refractivity contribution in [3.8, 4) is 0 Å². The third-order valence-electron chi connectivity index (χ3n) is 2.99. The van der Waals surface area contributed by atoms with E-state index in [-0.39, 0.29) is 12.5 Å². The Bertz CT molecular complexity index is 807. The van der Waals surface area contributed by atoms with Crippen LogP contribution >= 0.6 is 22.9 Å². The van der Waals surface area contributed by atoms with E-state index in [0.717, 1.165) is 4.96 Å². The van der Waals surface area contributed by atoms with Crippen molar-refractivity contribution < 1.29 is 14.3 Å². The molecule has 8 heteroatoms. The first-order valence-corrected chi connectivity index (χ1v) is 7.69. The van der Waals surface area contributed by atoms with E-state index in [1.54, 1.807) is 22.6 Å². The third-order valence-corrected chi connectivity index (χ3v) is 4.02. The maximum absolute atomic E-state index is 11.8. The number of amides is 1. The van der Waals surface area contributed by atoms with Gasteiger partial charge in [-0.2, -0.15) is 0 Å². The molecule has 0 saturated heterocycles. The first-order chi connectivity index (χ1) is 10.6. The highest BCUT2D eigenvalue weighted by Gasteiger charge is 2.11. The highest BCUT2D eigenvalue weighted by atomic mass is 35.5. The van der Waals surface area contributed by atoms with Gasteiger partial charge in [-0.15, -0.1) is 11.3 Å². The zero-order valence-corrected chi connectivity index (χ0v) is 12.8. The second-order valence-corrected chi connectivity index (χ2v) is 5.68. The Balaban J connectivity index is 1.62. The van der Waals surface area contributed by atoms with Gasteiger partial charge in [-0.3, -0.25) is 9.20 Å². The van der Waals surface area contributed by atoms with Gasteiger partial charge in [0.05, 0.1) is 18.5 Å². The van der Waals surface area contributed by atoms with Crippen LogP contribution < -0.4 is 5.32 Å². The Morgan fingerprint density at radius 3 is 3.27 bits per heavy atom. The van der Waals surface area contributed by atoms with Crippen molar-refractivity contribution in [2.75, 3.05) is 6.54 Å². The van der Waals surface area contributed by atoms with Gasteiger partial charge in [0.15, 0.2) is 10.1 Å². The van der Waals surface area contributed by atoms with Crippen LogP contribution in [-0.2, 0) is 4.79 Å². The number of halogens is 1. The maximum Gasteiger partial charge on any atom is 0.244 e. The molecule has 0 aromatic carbocycles. The molecule has 0 fully saturated rings. The van der Waals surface area contributed by atoms with Crippen molar-refractivity contribution in [1.82, 2.24) is 14.7 Å². The second kappa shape index (κ2) is 6.35. The van der Waals surface area contributed by atoms with Gasteiger partial charge in [0.1, 0.15) is 11.9 Å². The summed E-state index contributed by atoms with van der Waals surface area (Å²) < 4.78 is 6.85. The van der Waals surface area contributed by atoms with Crippen molar-refractivity contribution in [1.29, 1.82) is 0 Å². The lowest BCUT2D eigenvalue weighted by atomic mass is 10.2. The number of fused-ring (bicyclic) bond motifs is 1. The third kappa shape index (κ3) is 3.06. The summed E-state index contributed by atoms with van der Waals surface area (Å²) in [5.74, 6) is 0.0648. The molecule has 0 aliphatic rings. The molecule has 1 unspecified atom stereocenters. The molecule has 0 aliphatic heterocycles. The van der Waals surface area contributed by atoms with Gasteiger partial charge in [-0.1, -0.05) is 11.6 Å². The number of rotatable bonds is 5. The topological polar surface area (TPSA) is 79.8 Å². The monoisotopic (exact) mass is 337 g/mol. The highest BCUT2D eigenvalue weighted by molar-refractivity contribution is 7.15. The molecule has 3 aromatic rings. The summed E-state index contributed by atoms with van der Waals surface area (Å²) in [5.41, 5.74) is 0.639. The minimum atomic E-state index is -0.880. The van der Waals surface area contributed by atoms with E-state index in [0.29, 0.717) is 16.6 Å². The maximum atomic E-state index is 11.8. The molecule has 0 aliphatic carbocycles. The molecule has 0 saturated carbocycles. The van der Waals surface area contributed by atoms with Crippen molar-refractivity contribution in [3.63, 3.8) is 0 Å². The van der Waals surface area contributed by atoms with Crippen molar-refractivity contribution >= 4 is 39.9 Å². The molecule has 1 atom stereocenters. The lowest BCUT2D eigenvalue weighted by Crippen LogP contribution is -2.26. The number of carbonyl (C=O) groups is 1. The summed E-state index contributed by atoms with van der Waals surface area (Å²) in [7, 11) is 0. The first-order valence-electron chi connectivity index (χ1n) is 6.43. The molecule has 0 bridgehead atoms. The summed E-state index contributed by atoms with van der Waals surface area (Å²) in [6.07, 6.45) is 5.35. The molecular formula is C14H12ClN3O3S. The minimum absolute atomic E-state index is 0.0602. The summed E-state index contributed by atoms with van der Waals surface area (Å²) in [5, 5.41) is 14.6. The first kappa shape index (κ1) is 14.8. The Hall–Kier alpha value is -2.09. The van der Waals surface area contributed by atoms with Crippen molar-refractivity contribution in [2.45, 2.75) is 6.10 Å². The zero-order chi connectivity index (χ0) is 15.5. The van der Waals surface area contributed by atoms with Crippen molar-refractivity contribution in [2.24, 2.45) is 0 Å². The Kier molecular flexibility index (Phi) is 4.28. The van der Waals surface area contributed by atoms with Gasteiger partial charge in [0, 0.05) is 17.7 Å². The fourth-order valence-corrected chi connectivity index (χ4v) is 2.92. The highest BCUT2D eigenvalue weighted by Crippen LogP contribution is 2.22. The van der Waals surface area contributed by atoms with Crippen LogP contribution in [0.3, 0.4) is 0 Å². The van der Waals surface area contributed by atoms with Crippen LogP contribution in [0.2, 0.25) is 5.15 Å². The van der Waals surface area contributed by atoms with Crippen LogP contribution in [0.4, 0.5) is 0 Å². The number of hydrogen-bond acceptors (Lipinski definition) is 5. The molecular weight excluding hydrogens is 326 g/mol. The molecule has 0 spiro atoms. The van der Waals surface area contributed by atoms with E-state index < -0.39 is 6.10 Å². The quantitative estimate of drug-likeness (QED) is 0.701. The smallest absolute Gasteiger partial charge is 0.244 e. The number of furan rings is 1. The molecule has 1 amide bonds. The standard InChI is InChI=1S/C14H12ClN3O3S/c15-13-9(18-5-7-22-14(18)17-13)3-4-12(20)16-8-10(19)11-2-1-6-21-11/h1-7,10,19H,8H2,(H,16,20)/b4-3+. The largest absolute Gasteiger partial charge is 0.467 e. The average Bonchev–Trinajstić information content (AvgIpc) is 3.20. The van der Waals surface area contributed by atoms with E-state index in [1.165, 1.54) is 23.7 Å². The second-order valence-electron chi connectivity index (χ2n) is 4.45. The van der Waals surface area contributed by atoms with Crippen LogP contribution in [0, 0.1) is 0 Å². The number of aliphatic hydroxyl groups is 1. The number of nitrogens with one attached hydrogen (secondary N) is 1. The number of carbonyl (C=O) groups excluding carboxylic acids is 1. The number of aromatic nitrogens is 2. The lowest BCUT2D eigenvalue weighted by molar-refractivity contribution is -0.116.